The number of hydrogen-bond acceptors (Lipinski definition) is 9. The third-order valence-corrected chi connectivity index (χ3v) is 6.56. The van der Waals surface area contributed by atoms with Crippen LogP contribution >= 0.6 is 23.5 Å². The first-order valence-corrected chi connectivity index (χ1v) is 9.86. The van der Waals surface area contributed by atoms with E-state index < -0.39 is 5.97 Å². The van der Waals surface area contributed by atoms with Crippen LogP contribution in [0.3, 0.4) is 0 Å². The molecule has 2 aromatic heterocycles. The Kier molecular flexibility index (Phi) is 4.37. The number of methoxy groups -OCH3 is 1. The molecular formula is C15H16N6O3S2. The minimum atomic E-state index is -0.603. The number of aryl methyl sites for hydroxylation is 1. The monoisotopic (exact) mass is 392 g/mol. The second-order valence-electron chi connectivity index (χ2n) is 5.92. The van der Waals surface area contributed by atoms with Crippen LogP contribution in [0.2, 0.25) is 0 Å². The number of thioether (sulfide) groups is 2. The molecule has 11 heteroatoms. The first-order chi connectivity index (χ1) is 12.5. The molecule has 0 spiro atoms. The Bertz CT molecular complexity index is 943. The van der Waals surface area contributed by atoms with Crippen molar-refractivity contribution in [2.45, 2.75) is 23.4 Å². The van der Waals surface area contributed by atoms with Gasteiger partial charge in [-0.3, -0.25) is 4.79 Å². The Hall–Kier alpha value is -2.11. The third kappa shape index (κ3) is 2.85. The van der Waals surface area contributed by atoms with Gasteiger partial charge in [0.2, 0.25) is 5.91 Å². The number of nitrogens with zero attached hydrogens (tertiary/aromatic N) is 5. The van der Waals surface area contributed by atoms with Crippen LogP contribution in [0.5, 0.6) is 0 Å². The average Bonchev–Trinajstić information content (AvgIpc) is 3.08. The van der Waals surface area contributed by atoms with Gasteiger partial charge in [-0.25, -0.2) is 9.78 Å². The van der Waals surface area contributed by atoms with Gasteiger partial charge in [0.1, 0.15) is 16.4 Å². The van der Waals surface area contributed by atoms with Crippen LogP contribution in [-0.2, 0) is 9.53 Å². The smallest absolute Gasteiger partial charge is 0.378 e. The van der Waals surface area contributed by atoms with E-state index in [4.69, 9.17) is 5.73 Å². The minimum absolute atomic E-state index is 0.0251. The van der Waals surface area contributed by atoms with Crippen molar-refractivity contribution in [1.29, 1.82) is 0 Å². The largest absolute Gasteiger partial charge is 0.463 e. The highest BCUT2D eigenvalue weighted by molar-refractivity contribution is 8.01. The summed E-state index contributed by atoms with van der Waals surface area (Å²) in [5, 5.41) is 5.06. The summed E-state index contributed by atoms with van der Waals surface area (Å²) >= 11 is 3.23. The van der Waals surface area contributed by atoms with E-state index in [0.29, 0.717) is 11.5 Å². The predicted octanol–water partition coefficient (Wildman–Crippen LogP) is 0.438. The number of carbonyl (C=O) groups is 2. The normalized spacial score (nSPS) is 22.0. The zero-order valence-corrected chi connectivity index (χ0v) is 15.7. The van der Waals surface area contributed by atoms with Gasteiger partial charge >= 0.3 is 5.97 Å². The van der Waals surface area contributed by atoms with Crippen molar-refractivity contribution in [3.05, 3.63) is 29.4 Å². The SMILES string of the molecule is COC(=O)c1nc2nc(C)cc(SCC3=CN4C(=O)[C@@H](N)[C@H]4SC3)n2n1. The van der Waals surface area contributed by atoms with Crippen molar-refractivity contribution in [3.63, 3.8) is 0 Å². The Morgan fingerprint density at radius 2 is 2.31 bits per heavy atom. The van der Waals surface area contributed by atoms with Gasteiger partial charge in [0.15, 0.2) is 0 Å². The van der Waals surface area contributed by atoms with Gasteiger partial charge in [0.25, 0.3) is 11.6 Å². The van der Waals surface area contributed by atoms with Gasteiger partial charge < -0.3 is 15.4 Å². The van der Waals surface area contributed by atoms with Gasteiger partial charge in [-0.15, -0.1) is 28.6 Å². The first kappa shape index (κ1) is 17.3. The van der Waals surface area contributed by atoms with Crippen molar-refractivity contribution in [3.8, 4) is 0 Å². The molecule has 0 aliphatic carbocycles. The molecule has 2 aromatic rings. The highest BCUT2D eigenvalue weighted by Gasteiger charge is 2.46. The summed E-state index contributed by atoms with van der Waals surface area (Å²) in [4.78, 5) is 33.6. The summed E-state index contributed by atoms with van der Waals surface area (Å²) < 4.78 is 6.20. The maximum Gasteiger partial charge on any atom is 0.378 e. The number of β-lactam (4-membered cyclic amide) rings is 1. The molecule has 1 fully saturated rings. The number of fused-ring (bicyclic) bond motifs is 2. The van der Waals surface area contributed by atoms with E-state index in [1.807, 2.05) is 19.2 Å². The van der Waals surface area contributed by atoms with E-state index in [9.17, 15) is 9.59 Å². The van der Waals surface area contributed by atoms with Gasteiger partial charge in [0, 0.05) is 23.4 Å². The van der Waals surface area contributed by atoms with E-state index in [2.05, 4.69) is 19.8 Å². The number of aromatic nitrogens is 4. The van der Waals surface area contributed by atoms with E-state index >= 15 is 0 Å². The van der Waals surface area contributed by atoms with Gasteiger partial charge in [-0.2, -0.15) is 9.50 Å². The van der Waals surface area contributed by atoms with Crippen LogP contribution in [-0.4, -0.2) is 66.4 Å². The van der Waals surface area contributed by atoms with E-state index in [1.54, 1.807) is 28.4 Å². The molecule has 1 amide bonds. The summed E-state index contributed by atoms with van der Waals surface area (Å²) in [5.41, 5.74) is 7.70. The summed E-state index contributed by atoms with van der Waals surface area (Å²) in [6.45, 7) is 1.86. The van der Waals surface area contributed by atoms with Crippen molar-refractivity contribution in [2.24, 2.45) is 5.73 Å². The molecule has 2 aliphatic rings. The maximum absolute atomic E-state index is 11.8. The molecular weight excluding hydrogens is 376 g/mol. The second-order valence-corrected chi connectivity index (χ2v) is 8.02. The molecule has 0 aromatic carbocycles. The number of ether oxygens (including phenoxy) is 1. The predicted molar refractivity (Wildman–Crippen MR) is 96.7 cm³/mol. The first-order valence-electron chi connectivity index (χ1n) is 7.82. The highest BCUT2D eigenvalue weighted by atomic mass is 32.2. The minimum Gasteiger partial charge on any atom is -0.463 e. The number of carbonyl (C=O) groups excluding carboxylic acids is 2. The third-order valence-electron chi connectivity index (χ3n) is 4.06. The average molecular weight is 392 g/mol. The maximum atomic E-state index is 11.8. The molecule has 26 heavy (non-hydrogen) atoms. The lowest BCUT2D eigenvalue weighted by atomic mass is 10.1. The Morgan fingerprint density at radius 1 is 1.50 bits per heavy atom. The molecule has 136 valence electrons. The van der Waals surface area contributed by atoms with Crippen molar-refractivity contribution < 1.29 is 14.3 Å². The molecule has 0 saturated carbocycles. The summed E-state index contributed by atoms with van der Waals surface area (Å²) in [5.74, 6) is 1.20. The second kappa shape index (κ2) is 6.56. The topological polar surface area (TPSA) is 116 Å². The fourth-order valence-electron chi connectivity index (χ4n) is 2.74. The highest BCUT2D eigenvalue weighted by Crippen LogP contribution is 2.36. The molecule has 9 nitrogen and oxygen atoms in total. The van der Waals surface area contributed by atoms with Crippen molar-refractivity contribution in [2.75, 3.05) is 18.6 Å². The Morgan fingerprint density at radius 3 is 3.08 bits per heavy atom. The Balaban J connectivity index is 1.56. The lowest BCUT2D eigenvalue weighted by molar-refractivity contribution is -0.140. The zero-order valence-electron chi connectivity index (χ0n) is 14.1. The molecule has 4 heterocycles. The van der Waals surface area contributed by atoms with E-state index in [1.165, 1.54) is 11.6 Å². The molecule has 0 radical (unpaired) electrons. The number of nitrogens with two attached hydrogens (primary N) is 1. The van der Waals surface area contributed by atoms with Crippen LogP contribution in [0.4, 0.5) is 0 Å². The molecule has 2 aliphatic heterocycles. The van der Waals surface area contributed by atoms with Gasteiger partial charge in [-0.05, 0) is 18.6 Å². The molecule has 0 bridgehead atoms. The molecule has 2 atom stereocenters. The van der Waals surface area contributed by atoms with Crippen LogP contribution in [0, 0.1) is 6.92 Å². The summed E-state index contributed by atoms with van der Waals surface area (Å²) in [7, 11) is 1.28. The molecule has 0 unspecified atom stereocenters. The summed E-state index contributed by atoms with van der Waals surface area (Å²) in [6, 6.07) is 1.50. The summed E-state index contributed by atoms with van der Waals surface area (Å²) in [6.07, 6.45) is 1.90. The van der Waals surface area contributed by atoms with Crippen LogP contribution in [0.1, 0.15) is 16.3 Å². The van der Waals surface area contributed by atoms with E-state index in [-0.39, 0.29) is 23.1 Å². The number of amides is 1. The lowest BCUT2D eigenvalue weighted by Crippen LogP contribution is -2.66. The van der Waals surface area contributed by atoms with E-state index in [0.717, 1.165) is 22.0 Å². The van der Waals surface area contributed by atoms with Crippen molar-refractivity contribution >= 4 is 41.2 Å². The van der Waals surface area contributed by atoms with Gasteiger partial charge in [-0.1, -0.05) is 0 Å². The number of hydrogen-bond donors (Lipinski definition) is 1. The molecule has 4 rings (SSSR count). The quantitative estimate of drug-likeness (QED) is 0.342. The lowest BCUT2D eigenvalue weighted by Gasteiger charge is -2.45. The number of rotatable bonds is 4. The Labute approximate surface area is 157 Å². The zero-order chi connectivity index (χ0) is 18.4. The number of esters is 1. The fraction of sp³-hybridized carbons (Fsp3) is 0.400. The standard InChI is InChI=1S/C15H16N6O3S2/c1-7-3-9(21-15(17-7)18-11(19-21)14(23)24-2)25-5-8-4-20-12(22)10(16)13(20)26-6-8/h3-4,10,13H,5-6,16H2,1-2H3/t10-,13-/m1/s1. The van der Waals surface area contributed by atoms with Crippen LogP contribution in [0.15, 0.2) is 22.9 Å². The van der Waals surface area contributed by atoms with Crippen LogP contribution < -0.4 is 5.73 Å². The van der Waals surface area contributed by atoms with Gasteiger partial charge in [0.05, 0.1) is 7.11 Å². The van der Waals surface area contributed by atoms with Crippen LogP contribution in [0.25, 0.3) is 5.78 Å². The fourth-order valence-corrected chi connectivity index (χ4v) is 5.09. The van der Waals surface area contributed by atoms with Crippen molar-refractivity contribution in [1.82, 2.24) is 24.5 Å². The molecule has 1 saturated heterocycles. The molecule has 2 N–H and O–H groups in total.